The van der Waals surface area contributed by atoms with Gasteiger partial charge in [0.1, 0.15) is 0 Å². The van der Waals surface area contributed by atoms with E-state index in [0.29, 0.717) is 22.7 Å². The van der Waals surface area contributed by atoms with Gasteiger partial charge in [-0.1, -0.05) is 53.2 Å². The van der Waals surface area contributed by atoms with E-state index >= 15 is 0 Å². The molecule has 0 atom stereocenters. The molecule has 0 aliphatic heterocycles. The van der Waals surface area contributed by atoms with Gasteiger partial charge in [-0.25, -0.2) is 0 Å². The number of halogens is 1. The Morgan fingerprint density at radius 1 is 1.12 bits per heavy atom. The summed E-state index contributed by atoms with van der Waals surface area (Å²) in [7, 11) is 1.77. The second-order valence-corrected chi connectivity index (χ2v) is 7.27. The molecule has 0 aliphatic rings. The van der Waals surface area contributed by atoms with Gasteiger partial charge in [0.05, 0.1) is 5.75 Å². The summed E-state index contributed by atoms with van der Waals surface area (Å²) in [5, 5.41) is 9.10. The van der Waals surface area contributed by atoms with Crippen LogP contribution in [0.25, 0.3) is 11.5 Å². The van der Waals surface area contributed by atoms with Crippen LogP contribution in [0.3, 0.4) is 0 Å². The summed E-state index contributed by atoms with van der Waals surface area (Å²) in [5.74, 6) is 0.675. The van der Waals surface area contributed by atoms with Gasteiger partial charge in [-0.15, -0.1) is 10.2 Å². The highest BCUT2D eigenvalue weighted by Gasteiger charge is 2.14. The van der Waals surface area contributed by atoms with Crippen LogP contribution in [0.2, 0.25) is 5.02 Å². The number of nitrogens with zero attached hydrogens (tertiary/aromatic N) is 3. The van der Waals surface area contributed by atoms with Crippen LogP contribution in [-0.4, -0.2) is 33.8 Å². The lowest BCUT2D eigenvalue weighted by Crippen LogP contribution is -2.27. The topological polar surface area (TPSA) is 59.2 Å². The minimum atomic E-state index is -0.0139. The largest absolute Gasteiger partial charge is 0.411 e. The second-order valence-electron chi connectivity index (χ2n) is 5.90. The molecule has 1 amide bonds. The number of hydrogen-bond acceptors (Lipinski definition) is 5. The second kappa shape index (κ2) is 8.38. The van der Waals surface area contributed by atoms with Gasteiger partial charge in [-0.2, -0.15) is 0 Å². The SMILES string of the molecule is Cc1ccc(-c2nnc(SCC(=O)N(C)Cc3ccc(Cl)cc3)o2)cc1. The number of benzene rings is 2. The zero-order chi connectivity index (χ0) is 18.5. The maximum absolute atomic E-state index is 12.3. The first kappa shape index (κ1) is 18.5. The van der Waals surface area contributed by atoms with Gasteiger partial charge in [-0.05, 0) is 36.8 Å². The average molecular weight is 388 g/mol. The smallest absolute Gasteiger partial charge is 0.277 e. The van der Waals surface area contributed by atoms with Crippen molar-refractivity contribution in [2.24, 2.45) is 0 Å². The van der Waals surface area contributed by atoms with Crippen molar-refractivity contribution < 1.29 is 9.21 Å². The van der Waals surface area contributed by atoms with E-state index in [-0.39, 0.29) is 11.7 Å². The van der Waals surface area contributed by atoms with E-state index in [1.807, 2.05) is 55.5 Å². The Bertz CT molecular complexity index is 879. The molecule has 0 aliphatic carbocycles. The van der Waals surface area contributed by atoms with E-state index in [4.69, 9.17) is 16.0 Å². The Hall–Kier alpha value is -2.31. The summed E-state index contributed by atoms with van der Waals surface area (Å²) < 4.78 is 5.63. The maximum atomic E-state index is 12.3. The number of amides is 1. The quantitative estimate of drug-likeness (QED) is 0.585. The van der Waals surface area contributed by atoms with Gasteiger partial charge < -0.3 is 9.32 Å². The summed E-state index contributed by atoms with van der Waals surface area (Å²) in [6, 6.07) is 15.3. The molecule has 3 rings (SSSR count). The minimum absolute atomic E-state index is 0.0139. The highest BCUT2D eigenvalue weighted by Crippen LogP contribution is 2.23. The van der Waals surface area contributed by atoms with Crippen LogP contribution in [0, 0.1) is 6.92 Å². The Morgan fingerprint density at radius 2 is 1.81 bits per heavy atom. The fourth-order valence-electron chi connectivity index (χ4n) is 2.27. The van der Waals surface area contributed by atoms with Crippen molar-refractivity contribution in [3.05, 3.63) is 64.7 Å². The van der Waals surface area contributed by atoms with Crippen LogP contribution < -0.4 is 0 Å². The molecule has 0 radical (unpaired) electrons. The Balaban J connectivity index is 1.54. The molecule has 1 heterocycles. The molecular weight excluding hydrogens is 370 g/mol. The molecule has 5 nitrogen and oxygen atoms in total. The summed E-state index contributed by atoms with van der Waals surface area (Å²) in [6.07, 6.45) is 0. The van der Waals surface area contributed by atoms with Crippen molar-refractivity contribution in [1.29, 1.82) is 0 Å². The van der Waals surface area contributed by atoms with Crippen molar-refractivity contribution in [3.63, 3.8) is 0 Å². The molecule has 2 aromatic carbocycles. The number of aryl methyl sites for hydroxylation is 1. The third-order valence-corrected chi connectivity index (χ3v) is 4.84. The fraction of sp³-hybridized carbons (Fsp3) is 0.211. The van der Waals surface area contributed by atoms with Gasteiger partial charge in [-0.3, -0.25) is 4.79 Å². The Labute approximate surface area is 161 Å². The zero-order valence-electron chi connectivity index (χ0n) is 14.5. The Kier molecular flexibility index (Phi) is 5.96. The molecule has 1 aromatic heterocycles. The van der Waals surface area contributed by atoms with E-state index < -0.39 is 0 Å². The van der Waals surface area contributed by atoms with Crippen LogP contribution in [0.15, 0.2) is 58.2 Å². The van der Waals surface area contributed by atoms with Crippen LogP contribution in [0.5, 0.6) is 0 Å². The van der Waals surface area contributed by atoms with E-state index in [0.717, 1.165) is 16.7 Å². The lowest BCUT2D eigenvalue weighted by atomic mass is 10.1. The summed E-state index contributed by atoms with van der Waals surface area (Å²) in [4.78, 5) is 14.0. The van der Waals surface area contributed by atoms with Crippen molar-refractivity contribution >= 4 is 29.3 Å². The van der Waals surface area contributed by atoms with Crippen molar-refractivity contribution in [2.75, 3.05) is 12.8 Å². The van der Waals surface area contributed by atoms with Gasteiger partial charge in [0, 0.05) is 24.2 Å². The van der Waals surface area contributed by atoms with Crippen LogP contribution in [0.1, 0.15) is 11.1 Å². The Morgan fingerprint density at radius 3 is 2.50 bits per heavy atom. The molecule has 0 N–H and O–H groups in total. The van der Waals surface area contributed by atoms with Crippen LogP contribution >= 0.6 is 23.4 Å². The summed E-state index contributed by atoms with van der Waals surface area (Å²) >= 11 is 7.11. The summed E-state index contributed by atoms with van der Waals surface area (Å²) in [6.45, 7) is 2.54. The van der Waals surface area contributed by atoms with Gasteiger partial charge in [0.15, 0.2) is 0 Å². The van der Waals surface area contributed by atoms with Gasteiger partial charge >= 0.3 is 0 Å². The van der Waals surface area contributed by atoms with E-state index in [1.165, 1.54) is 11.8 Å². The first-order chi connectivity index (χ1) is 12.5. The number of thioether (sulfide) groups is 1. The number of rotatable bonds is 6. The lowest BCUT2D eigenvalue weighted by molar-refractivity contribution is -0.127. The first-order valence-corrected chi connectivity index (χ1v) is 9.39. The number of hydrogen-bond donors (Lipinski definition) is 0. The molecule has 7 heteroatoms. The van der Waals surface area contributed by atoms with Crippen LogP contribution in [-0.2, 0) is 11.3 Å². The molecule has 0 bridgehead atoms. The lowest BCUT2D eigenvalue weighted by Gasteiger charge is -2.16. The molecule has 0 saturated carbocycles. The predicted octanol–water partition coefficient (Wildman–Crippen LogP) is 4.45. The third-order valence-electron chi connectivity index (χ3n) is 3.78. The van der Waals surface area contributed by atoms with Crippen molar-refractivity contribution in [3.8, 4) is 11.5 Å². The third kappa shape index (κ3) is 4.86. The molecular formula is C19H18ClN3O2S. The molecule has 0 spiro atoms. The average Bonchev–Trinajstić information content (AvgIpc) is 3.11. The highest BCUT2D eigenvalue weighted by atomic mass is 35.5. The predicted molar refractivity (Wildman–Crippen MR) is 103 cm³/mol. The van der Waals surface area contributed by atoms with Crippen molar-refractivity contribution in [1.82, 2.24) is 15.1 Å². The molecule has 0 saturated heterocycles. The normalized spacial score (nSPS) is 10.7. The molecule has 26 heavy (non-hydrogen) atoms. The number of aromatic nitrogens is 2. The summed E-state index contributed by atoms with van der Waals surface area (Å²) in [5.41, 5.74) is 3.05. The zero-order valence-corrected chi connectivity index (χ0v) is 16.0. The monoisotopic (exact) mass is 387 g/mol. The van der Waals surface area contributed by atoms with Crippen molar-refractivity contribution in [2.45, 2.75) is 18.7 Å². The number of carbonyl (C=O) groups excluding carboxylic acids is 1. The molecule has 134 valence electrons. The first-order valence-electron chi connectivity index (χ1n) is 8.03. The minimum Gasteiger partial charge on any atom is -0.411 e. The molecule has 3 aromatic rings. The fourth-order valence-corrected chi connectivity index (χ4v) is 3.10. The van der Waals surface area contributed by atoms with E-state index in [9.17, 15) is 4.79 Å². The van der Waals surface area contributed by atoms with E-state index in [1.54, 1.807) is 11.9 Å². The highest BCUT2D eigenvalue weighted by molar-refractivity contribution is 7.99. The van der Waals surface area contributed by atoms with E-state index in [2.05, 4.69) is 10.2 Å². The number of carbonyl (C=O) groups is 1. The van der Waals surface area contributed by atoms with Gasteiger partial charge in [0.25, 0.3) is 5.22 Å². The standard InChI is InChI=1S/C19H18ClN3O2S/c1-13-3-7-15(8-4-13)18-21-22-19(25-18)26-12-17(24)23(2)11-14-5-9-16(20)10-6-14/h3-10H,11-12H2,1-2H3. The molecule has 0 fully saturated rings. The van der Waals surface area contributed by atoms with Gasteiger partial charge in [0.2, 0.25) is 11.8 Å². The van der Waals surface area contributed by atoms with Crippen LogP contribution in [0.4, 0.5) is 0 Å². The molecule has 0 unspecified atom stereocenters. The maximum Gasteiger partial charge on any atom is 0.277 e.